The zero-order valence-electron chi connectivity index (χ0n) is 18.9. The molecule has 0 bridgehead atoms. The predicted octanol–water partition coefficient (Wildman–Crippen LogP) is 4.60. The Kier molecular flexibility index (Phi) is 6.67. The maximum atomic E-state index is 13.8. The van der Waals surface area contributed by atoms with Gasteiger partial charge in [-0.1, -0.05) is 18.6 Å². The third-order valence-corrected chi connectivity index (χ3v) is 9.78. The van der Waals surface area contributed by atoms with Crippen LogP contribution in [0.2, 0.25) is 0 Å². The van der Waals surface area contributed by atoms with Crippen molar-refractivity contribution in [3.8, 4) is 0 Å². The molecule has 3 aliphatic heterocycles. The summed E-state index contributed by atoms with van der Waals surface area (Å²) >= 11 is 1.75. The zero-order valence-corrected chi connectivity index (χ0v) is 20.5. The van der Waals surface area contributed by atoms with Crippen LogP contribution in [0.25, 0.3) is 0 Å². The number of hydrogen-bond acceptors (Lipinski definition) is 5. The maximum absolute atomic E-state index is 13.8. The molecule has 3 heterocycles. The molecule has 0 radical (unpaired) electrons. The Hall–Kier alpha value is -2.03. The van der Waals surface area contributed by atoms with Crippen molar-refractivity contribution in [1.29, 1.82) is 0 Å². The molecule has 3 aliphatic rings. The van der Waals surface area contributed by atoms with Crippen molar-refractivity contribution in [1.82, 2.24) is 4.31 Å². The van der Waals surface area contributed by atoms with E-state index in [0.717, 1.165) is 67.2 Å². The van der Waals surface area contributed by atoms with Crippen LogP contribution in [-0.4, -0.2) is 57.1 Å². The number of carbonyl (C=O) groups is 1. The molecule has 2 fully saturated rings. The minimum absolute atomic E-state index is 0.136. The number of piperidine rings is 2. The van der Waals surface area contributed by atoms with Crippen LogP contribution in [0.1, 0.15) is 48.9 Å². The van der Waals surface area contributed by atoms with Gasteiger partial charge in [0.25, 0.3) is 5.91 Å². The molecular formula is C25H31N3O3S2. The molecule has 6 nitrogen and oxygen atoms in total. The van der Waals surface area contributed by atoms with Gasteiger partial charge >= 0.3 is 0 Å². The van der Waals surface area contributed by atoms with Gasteiger partial charge in [0.15, 0.2) is 0 Å². The summed E-state index contributed by atoms with van der Waals surface area (Å²) in [5, 5.41) is 0. The van der Waals surface area contributed by atoms with Crippen LogP contribution in [0.5, 0.6) is 0 Å². The second-order valence-electron chi connectivity index (χ2n) is 8.97. The minimum Gasteiger partial charge on any atom is -0.370 e. The first-order valence-corrected chi connectivity index (χ1v) is 14.4. The van der Waals surface area contributed by atoms with Crippen LogP contribution in [0, 0.1) is 0 Å². The molecule has 0 aromatic heterocycles. The van der Waals surface area contributed by atoms with Crippen molar-refractivity contribution < 1.29 is 13.2 Å². The fourth-order valence-electron chi connectivity index (χ4n) is 5.03. The summed E-state index contributed by atoms with van der Waals surface area (Å²) in [6.07, 6.45) is 6.14. The van der Waals surface area contributed by atoms with Gasteiger partial charge in [-0.2, -0.15) is 4.31 Å². The number of benzene rings is 2. The smallest absolute Gasteiger partial charge is 0.258 e. The Morgan fingerprint density at radius 3 is 2.24 bits per heavy atom. The second kappa shape index (κ2) is 9.68. The van der Waals surface area contributed by atoms with Gasteiger partial charge in [-0.3, -0.25) is 4.79 Å². The molecule has 2 aromatic carbocycles. The normalized spacial score (nSPS) is 19.9. The lowest BCUT2D eigenvalue weighted by atomic mass is 10.1. The Morgan fingerprint density at radius 2 is 1.48 bits per heavy atom. The number of carbonyl (C=O) groups excluding carboxylic acids is 1. The van der Waals surface area contributed by atoms with Crippen molar-refractivity contribution in [2.24, 2.45) is 0 Å². The fraction of sp³-hybridized carbons (Fsp3) is 0.480. The van der Waals surface area contributed by atoms with Gasteiger partial charge in [-0.15, -0.1) is 11.8 Å². The number of amides is 1. The van der Waals surface area contributed by atoms with Crippen LogP contribution in [-0.2, 0) is 10.0 Å². The van der Waals surface area contributed by atoms with Gasteiger partial charge < -0.3 is 9.80 Å². The van der Waals surface area contributed by atoms with E-state index >= 15 is 0 Å². The molecular weight excluding hydrogens is 454 g/mol. The Morgan fingerprint density at radius 1 is 0.788 bits per heavy atom. The highest BCUT2D eigenvalue weighted by Crippen LogP contribution is 2.37. The monoisotopic (exact) mass is 485 g/mol. The fourth-order valence-corrected chi connectivity index (χ4v) is 7.78. The van der Waals surface area contributed by atoms with E-state index in [0.29, 0.717) is 25.2 Å². The summed E-state index contributed by atoms with van der Waals surface area (Å²) in [6, 6.07) is 13.2. The second-order valence-corrected chi connectivity index (χ2v) is 12.0. The van der Waals surface area contributed by atoms with E-state index in [1.54, 1.807) is 27.0 Å². The molecule has 33 heavy (non-hydrogen) atoms. The SMILES string of the molecule is O=C(c1ccc(N2CCCCC2)c(S(=O)(=O)N2CCCCC2)c1)N1CCSc2ccccc21. The lowest BCUT2D eigenvalue weighted by Crippen LogP contribution is -2.38. The lowest BCUT2D eigenvalue weighted by molar-refractivity contribution is 0.0987. The number of thioether (sulfide) groups is 1. The van der Waals surface area contributed by atoms with Crippen molar-refractivity contribution >= 4 is 39.1 Å². The third-order valence-electron chi connectivity index (χ3n) is 6.81. The molecule has 0 atom stereocenters. The van der Waals surface area contributed by atoms with Crippen LogP contribution < -0.4 is 9.80 Å². The first-order chi connectivity index (χ1) is 16.1. The average molecular weight is 486 g/mol. The van der Waals surface area contributed by atoms with Crippen molar-refractivity contribution in [3.63, 3.8) is 0 Å². The molecule has 2 saturated heterocycles. The Balaban J connectivity index is 1.54. The summed E-state index contributed by atoms with van der Waals surface area (Å²) in [5.74, 6) is 0.691. The zero-order chi connectivity index (χ0) is 22.8. The molecule has 2 aromatic rings. The quantitative estimate of drug-likeness (QED) is 0.633. The summed E-state index contributed by atoms with van der Waals surface area (Å²) in [7, 11) is -3.67. The standard InChI is InChI=1S/C25H31N3O3S2/c29-25(28-17-18-32-23-10-4-3-9-21(23)28)20-11-12-22(26-13-5-1-6-14-26)24(19-20)33(30,31)27-15-7-2-8-16-27/h3-4,9-12,19H,1-2,5-8,13-18H2. The van der Waals surface area contributed by atoms with Crippen molar-refractivity contribution in [2.45, 2.75) is 48.3 Å². The van der Waals surface area contributed by atoms with Gasteiger partial charge in [0.05, 0.1) is 11.4 Å². The van der Waals surface area contributed by atoms with Crippen LogP contribution in [0.3, 0.4) is 0 Å². The number of hydrogen-bond donors (Lipinski definition) is 0. The maximum Gasteiger partial charge on any atom is 0.258 e. The van der Waals surface area contributed by atoms with Crippen LogP contribution in [0.15, 0.2) is 52.3 Å². The van der Waals surface area contributed by atoms with Crippen LogP contribution in [0.4, 0.5) is 11.4 Å². The average Bonchev–Trinajstić information content (AvgIpc) is 2.88. The van der Waals surface area contributed by atoms with Gasteiger partial charge in [0.1, 0.15) is 4.90 Å². The highest BCUT2D eigenvalue weighted by atomic mass is 32.2. The third kappa shape index (κ3) is 4.53. The van der Waals surface area contributed by atoms with Crippen molar-refractivity contribution in [2.75, 3.05) is 48.3 Å². The van der Waals surface area contributed by atoms with E-state index in [-0.39, 0.29) is 10.8 Å². The predicted molar refractivity (Wildman–Crippen MR) is 134 cm³/mol. The molecule has 8 heteroatoms. The van der Waals surface area contributed by atoms with E-state index in [4.69, 9.17) is 0 Å². The van der Waals surface area contributed by atoms with Crippen molar-refractivity contribution in [3.05, 3.63) is 48.0 Å². The number of para-hydroxylation sites is 1. The molecule has 0 aliphatic carbocycles. The highest BCUT2D eigenvalue weighted by Gasteiger charge is 2.32. The lowest BCUT2D eigenvalue weighted by Gasteiger charge is -2.33. The number of anilines is 2. The van der Waals surface area contributed by atoms with Gasteiger partial charge in [-0.05, 0) is 62.4 Å². The molecule has 0 N–H and O–H groups in total. The molecule has 0 saturated carbocycles. The number of nitrogens with zero attached hydrogens (tertiary/aromatic N) is 3. The molecule has 176 valence electrons. The topological polar surface area (TPSA) is 60.9 Å². The summed E-state index contributed by atoms with van der Waals surface area (Å²) in [4.78, 5) is 18.9. The van der Waals surface area contributed by atoms with Gasteiger partial charge in [-0.25, -0.2) is 8.42 Å². The molecule has 5 rings (SSSR count). The summed E-state index contributed by atoms with van der Waals surface area (Å²) < 4.78 is 29.2. The Bertz CT molecular complexity index is 1120. The van der Waals surface area contributed by atoms with Gasteiger partial charge in [0, 0.05) is 48.9 Å². The summed E-state index contributed by atoms with van der Waals surface area (Å²) in [6.45, 7) is 3.43. The number of sulfonamides is 1. The largest absolute Gasteiger partial charge is 0.370 e. The van der Waals surface area contributed by atoms with E-state index < -0.39 is 10.0 Å². The summed E-state index contributed by atoms with van der Waals surface area (Å²) in [5.41, 5.74) is 2.08. The molecule has 1 amide bonds. The van der Waals surface area contributed by atoms with E-state index in [1.165, 1.54) is 6.42 Å². The number of rotatable bonds is 4. The van der Waals surface area contributed by atoms with E-state index in [2.05, 4.69) is 4.90 Å². The first kappa shape index (κ1) is 22.7. The van der Waals surface area contributed by atoms with E-state index in [1.807, 2.05) is 36.4 Å². The molecule has 0 unspecified atom stereocenters. The van der Waals surface area contributed by atoms with E-state index in [9.17, 15) is 13.2 Å². The first-order valence-electron chi connectivity index (χ1n) is 12.0. The highest BCUT2D eigenvalue weighted by molar-refractivity contribution is 7.99. The number of fused-ring (bicyclic) bond motifs is 1. The Labute approximate surface area is 201 Å². The molecule has 0 spiro atoms. The minimum atomic E-state index is -3.67. The van der Waals surface area contributed by atoms with Crippen LogP contribution >= 0.6 is 11.8 Å². The van der Waals surface area contributed by atoms with Gasteiger partial charge in [0.2, 0.25) is 10.0 Å².